The molecule has 0 bridgehead atoms. The quantitative estimate of drug-likeness (QED) is 0.878. The van der Waals surface area contributed by atoms with Crippen LogP contribution in [0.25, 0.3) is 0 Å². The second-order valence-corrected chi connectivity index (χ2v) is 6.44. The summed E-state index contributed by atoms with van der Waals surface area (Å²) in [7, 11) is -4.09. The number of benzene rings is 1. The van der Waals surface area contributed by atoms with Gasteiger partial charge in [0.05, 0.1) is 5.56 Å². The number of carboxylic acids is 1. The third kappa shape index (κ3) is 3.27. The summed E-state index contributed by atoms with van der Waals surface area (Å²) in [5.41, 5.74) is -0.700. The maximum Gasteiger partial charge on any atom is 0.338 e. The number of hydrogen-bond donors (Lipinski definition) is 2. The topological polar surface area (TPSA) is 83.5 Å². The number of sulfonamides is 1. The Kier molecular flexibility index (Phi) is 4.46. The molecule has 0 saturated carbocycles. The Bertz CT molecular complexity index is 586. The van der Waals surface area contributed by atoms with Gasteiger partial charge in [0, 0.05) is 10.5 Å². The lowest BCUT2D eigenvalue weighted by Crippen LogP contribution is -2.31. The molecule has 1 aromatic rings. The van der Waals surface area contributed by atoms with Crippen LogP contribution in [0.4, 0.5) is 4.39 Å². The maximum absolute atomic E-state index is 13.8. The third-order valence-electron chi connectivity index (χ3n) is 1.91. The fourth-order valence-corrected chi connectivity index (χ4v) is 3.27. The first-order chi connectivity index (χ1) is 8.15. The molecule has 5 nitrogen and oxygen atoms in total. The number of rotatable bonds is 4. The van der Waals surface area contributed by atoms with Crippen LogP contribution in [0, 0.1) is 5.82 Å². The molecule has 0 saturated heterocycles. The molecule has 0 spiro atoms. The Balaban J connectivity index is 3.47. The summed E-state index contributed by atoms with van der Waals surface area (Å²) in [6.45, 7) is 3.15. The molecule has 0 radical (unpaired) electrons. The molecule has 0 atom stereocenters. The van der Waals surface area contributed by atoms with E-state index in [1.54, 1.807) is 13.8 Å². The second kappa shape index (κ2) is 5.33. The van der Waals surface area contributed by atoms with E-state index in [9.17, 15) is 17.6 Å². The lowest BCUT2D eigenvalue weighted by Gasteiger charge is -2.11. The summed E-state index contributed by atoms with van der Waals surface area (Å²) in [6, 6.07) is 1.60. The molecular weight excluding hydrogens is 329 g/mol. The molecule has 0 aromatic heterocycles. The van der Waals surface area contributed by atoms with Crippen molar-refractivity contribution in [3.63, 3.8) is 0 Å². The Morgan fingerprint density at radius 3 is 2.44 bits per heavy atom. The van der Waals surface area contributed by atoms with Gasteiger partial charge in [0.1, 0.15) is 4.90 Å². The highest BCUT2D eigenvalue weighted by molar-refractivity contribution is 9.10. The summed E-state index contributed by atoms with van der Waals surface area (Å²) in [5, 5.41) is 8.79. The number of nitrogens with one attached hydrogen (secondary N) is 1. The highest BCUT2D eigenvalue weighted by Gasteiger charge is 2.25. The molecule has 18 heavy (non-hydrogen) atoms. The zero-order valence-electron chi connectivity index (χ0n) is 9.57. The van der Waals surface area contributed by atoms with Gasteiger partial charge in [0.2, 0.25) is 10.0 Å². The molecule has 1 aromatic carbocycles. The average molecular weight is 340 g/mol. The van der Waals surface area contributed by atoms with E-state index in [2.05, 4.69) is 20.7 Å². The molecule has 100 valence electrons. The SMILES string of the molecule is CC(C)NS(=O)(=O)c1cc(Br)cc(C(=O)O)c1F. The summed E-state index contributed by atoms with van der Waals surface area (Å²) in [6.07, 6.45) is 0. The van der Waals surface area contributed by atoms with E-state index in [4.69, 9.17) is 5.11 Å². The van der Waals surface area contributed by atoms with Crippen LogP contribution >= 0.6 is 15.9 Å². The van der Waals surface area contributed by atoms with E-state index in [-0.39, 0.29) is 4.47 Å². The average Bonchev–Trinajstić information content (AvgIpc) is 2.18. The zero-order chi connectivity index (χ0) is 14.1. The van der Waals surface area contributed by atoms with Gasteiger partial charge in [-0.05, 0) is 26.0 Å². The van der Waals surface area contributed by atoms with E-state index < -0.39 is 38.3 Å². The lowest BCUT2D eigenvalue weighted by atomic mass is 10.2. The number of hydrogen-bond acceptors (Lipinski definition) is 3. The van der Waals surface area contributed by atoms with Crippen molar-refractivity contribution in [2.75, 3.05) is 0 Å². The van der Waals surface area contributed by atoms with Crippen molar-refractivity contribution in [2.45, 2.75) is 24.8 Å². The summed E-state index contributed by atoms with van der Waals surface area (Å²) >= 11 is 2.95. The number of carboxylic acid groups (broad SMARTS) is 1. The number of aromatic carboxylic acids is 1. The molecule has 2 N–H and O–H groups in total. The molecule has 0 amide bonds. The Hall–Kier alpha value is -0.990. The van der Waals surface area contributed by atoms with Gasteiger partial charge in [-0.1, -0.05) is 15.9 Å². The third-order valence-corrected chi connectivity index (χ3v) is 4.03. The van der Waals surface area contributed by atoms with Gasteiger partial charge in [-0.2, -0.15) is 0 Å². The van der Waals surface area contributed by atoms with E-state index in [0.717, 1.165) is 12.1 Å². The van der Waals surface area contributed by atoms with Gasteiger partial charge in [-0.25, -0.2) is 22.3 Å². The molecule has 0 aliphatic carbocycles. The highest BCUT2D eigenvalue weighted by atomic mass is 79.9. The van der Waals surface area contributed by atoms with Crippen molar-refractivity contribution in [3.05, 3.63) is 28.0 Å². The van der Waals surface area contributed by atoms with Crippen molar-refractivity contribution in [3.8, 4) is 0 Å². The van der Waals surface area contributed by atoms with Crippen LogP contribution in [0.2, 0.25) is 0 Å². The van der Waals surface area contributed by atoms with Crippen LogP contribution in [0.15, 0.2) is 21.5 Å². The van der Waals surface area contributed by atoms with Crippen LogP contribution in [0.3, 0.4) is 0 Å². The van der Waals surface area contributed by atoms with Crippen LogP contribution in [0.1, 0.15) is 24.2 Å². The van der Waals surface area contributed by atoms with Crippen molar-refractivity contribution in [1.29, 1.82) is 0 Å². The van der Waals surface area contributed by atoms with E-state index >= 15 is 0 Å². The Morgan fingerprint density at radius 1 is 1.44 bits per heavy atom. The largest absolute Gasteiger partial charge is 0.478 e. The highest BCUT2D eigenvalue weighted by Crippen LogP contribution is 2.24. The van der Waals surface area contributed by atoms with Gasteiger partial charge < -0.3 is 5.11 Å². The molecular formula is C10H11BrFNO4S. The van der Waals surface area contributed by atoms with Crippen LogP contribution in [-0.4, -0.2) is 25.5 Å². The van der Waals surface area contributed by atoms with Crippen molar-refractivity contribution in [1.82, 2.24) is 4.72 Å². The fourth-order valence-electron chi connectivity index (χ4n) is 1.29. The van der Waals surface area contributed by atoms with E-state index in [1.165, 1.54) is 0 Å². The monoisotopic (exact) mass is 339 g/mol. The van der Waals surface area contributed by atoms with Crippen LogP contribution < -0.4 is 4.72 Å². The molecule has 1 rings (SSSR count). The van der Waals surface area contributed by atoms with Gasteiger partial charge in [-0.3, -0.25) is 0 Å². The number of carbonyl (C=O) groups is 1. The first-order valence-corrected chi connectivity index (χ1v) is 7.17. The van der Waals surface area contributed by atoms with Crippen LogP contribution in [0.5, 0.6) is 0 Å². The Morgan fingerprint density at radius 2 is 2.00 bits per heavy atom. The first-order valence-electron chi connectivity index (χ1n) is 4.90. The predicted molar refractivity (Wildman–Crippen MR) is 66.5 cm³/mol. The minimum absolute atomic E-state index is 0.172. The minimum atomic E-state index is -4.09. The predicted octanol–water partition coefficient (Wildman–Crippen LogP) is 1.97. The molecule has 0 aliphatic rings. The van der Waals surface area contributed by atoms with Crippen LogP contribution in [-0.2, 0) is 10.0 Å². The summed E-state index contributed by atoms with van der Waals surface area (Å²) in [4.78, 5) is 10.1. The Labute approximate surface area is 112 Å². The van der Waals surface area contributed by atoms with Gasteiger partial charge in [0.25, 0.3) is 0 Å². The van der Waals surface area contributed by atoms with Crippen molar-refractivity contribution >= 4 is 31.9 Å². The molecule has 0 heterocycles. The number of halogens is 2. The first kappa shape index (κ1) is 15.1. The molecule has 0 fully saturated rings. The standard InChI is InChI=1S/C10H11BrFNO4S/c1-5(2)13-18(16,17)8-4-6(11)3-7(9(8)12)10(14)15/h3-5,13H,1-2H3,(H,14,15). The van der Waals surface area contributed by atoms with Gasteiger partial charge >= 0.3 is 5.97 Å². The molecule has 0 aliphatic heterocycles. The smallest absolute Gasteiger partial charge is 0.338 e. The zero-order valence-corrected chi connectivity index (χ0v) is 12.0. The maximum atomic E-state index is 13.8. The van der Waals surface area contributed by atoms with Crippen molar-refractivity contribution < 1.29 is 22.7 Å². The lowest BCUT2D eigenvalue weighted by molar-refractivity contribution is 0.0691. The molecule has 0 unspecified atom stereocenters. The summed E-state index contributed by atoms with van der Waals surface area (Å²) < 4.78 is 39.8. The normalized spacial score (nSPS) is 11.8. The van der Waals surface area contributed by atoms with Gasteiger partial charge in [-0.15, -0.1) is 0 Å². The summed E-state index contributed by atoms with van der Waals surface area (Å²) in [5.74, 6) is -2.81. The van der Waals surface area contributed by atoms with E-state index in [0.29, 0.717) is 0 Å². The van der Waals surface area contributed by atoms with Crippen molar-refractivity contribution in [2.24, 2.45) is 0 Å². The minimum Gasteiger partial charge on any atom is -0.478 e. The van der Waals surface area contributed by atoms with Gasteiger partial charge in [0.15, 0.2) is 5.82 Å². The van der Waals surface area contributed by atoms with E-state index in [1.807, 2.05) is 0 Å². The molecule has 8 heteroatoms. The second-order valence-electron chi connectivity index (χ2n) is 3.85. The fraction of sp³-hybridized carbons (Fsp3) is 0.300.